The minimum absolute atomic E-state index is 0.0664. The first-order valence-electron chi connectivity index (χ1n) is 6.06. The number of nitro groups is 1. The topological polar surface area (TPSA) is 82.0 Å². The van der Waals surface area contributed by atoms with Crippen molar-refractivity contribution >= 4 is 5.69 Å². The monoisotopic (exact) mass is 257 g/mol. The number of hydrogen-bond acceptors (Lipinski definition) is 4. The summed E-state index contributed by atoms with van der Waals surface area (Å²) in [4.78, 5) is 14.4. The third-order valence-electron chi connectivity index (χ3n) is 3.12. The molecule has 0 amide bonds. The first kappa shape index (κ1) is 13.2. The molecule has 0 aliphatic rings. The Hall–Kier alpha value is -2.27. The van der Waals surface area contributed by atoms with Crippen LogP contribution in [-0.4, -0.2) is 9.91 Å². The maximum absolute atomic E-state index is 10.9. The zero-order chi connectivity index (χ0) is 13.8. The molecule has 2 aromatic rings. The van der Waals surface area contributed by atoms with Gasteiger partial charge in [-0.3, -0.25) is 15.1 Å². The molecule has 2 N–H and O–H groups in total. The van der Waals surface area contributed by atoms with Gasteiger partial charge in [-0.2, -0.15) is 0 Å². The number of benzene rings is 1. The Kier molecular flexibility index (Phi) is 3.87. The second-order valence-electron chi connectivity index (χ2n) is 4.25. The van der Waals surface area contributed by atoms with Crippen molar-refractivity contribution in [1.29, 1.82) is 0 Å². The van der Waals surface area contributed by atoms with Crippen molar-refractivity contribution < 1.29 is 4.92 Å². The average Bonchev–Trinajstić information content (AvgIpc) is 2.46. The van der Waals surface area contributed by atoms with E-state index >= 15 is 0 Å². The molecule has 0 saturated carbocycles. The predicted molar refractivity (Wildman–Crippen MR) is 72.7 cm³/mol. The van der Waals surface area contributed by atoms with Crippen LogP contribution in [0.2, 0.25) is 0 Å². The normalized spacial score (nSPS) is 12.1. The van der Waals surface area contributed by atoms with Gasteiger partial charge in [-0.15, -0.1) is 0 Å². The van der Waals surface area contributed by atoms with E-state index in [1.54, 1.807) is 24.5 Å². The molecule has 2 rings (SSSR count). The number of hydrogen-bond donors (Lipinski definition) is 1. The molecule has 5 nitrogen and oxygen atoms in total. The van der Waals surface area contributed by atoms with E-state index in [1.807, 2.05) is 19.1 Å². The minimum Gasteiger partial charge on any atom is -0.320 e. The highest BCUT2D eigenvalue weighted by molar-refractivity contribution is 5.44. The van der Waals surface area contributed by atoms with Crippen molar-refractivity contribution in [2.45, 2.75) is 19.4 Å². The molecule has 1 aromatic carbocycles. The molecule has 5 heteroatoms. The van der Waals surface area contributed by atoms with Crippen LogP contribution < -0.4 is 5.73 Å². The SMILES string of the molecule is CCc1ccc([N+](=O)[O-])cc1C(N)c1ccncc1. The van der Waals surface area contributed by atoms with Gasteiger partial charge < -0.3 is 5.73 Å². The van der Waals surface area contributed by atoms with Crippen LogP contribution >= 0.6 is 0 Å². The summed E-state index contributed by atoms with van der Waals surface area (Å²) in [5, 5.41) is 10.9. The molecule has 1 aromatic heterocycles. The highest BCUT2D eigenvalue weighted by Crippen LogP contribution is 2.26. The van der Waals surface area contributed by atoms with Crippen molar-refractivity contribution in [3.05, 3.63) is 69.5 Å². The summed E-state index contributed by atoms with van der Waals surface area (Å²) < 4.78 is 0. The van der Waals surface area contributed by atoms with Gasteiger partial charge in [0.15, 0.2) is 0 Å². The summed E-state index contributed by atoms with van der Waals surface area (Å²) in [7, 11) is 0. The fraction of sp³-hybridized carbons (Fsp3) is 0.214. The van der Waals surface area contributed by atoms with Crippen LogP contribution in [0.5, 0.6) is 0 Å². The van der Waals surface area contributed by atoms with Crippen molar-refractivity contribution in [3.63, 3.8) is 0 Å². The lowest BCUT2D eigenvalue weighted by Gasteiger charge is -2.16. The smallest absolute Gasteiger partial charge is 0.269 e. The number of aryl methyl sites for hydroxylation is 1. The molecule has 0 aliphatic carbocycles. The van der Waals surface area contributed by atoms with Gasteiger partial charge in [-0.1, -0.05) is 13.0 Å². The fourth-order valence-corrected chi connectivity index (χ4v) is 2.06. The Morgan fingerprint density at radius 2 is 2.00 bits per heavy atom. The summed E-state index contributed by atoms with van der Waals surface area (Å²) in [6, 6.07) is 8.12. The van der Waals surface area contributed by atoms with Gasteiger partial charge in [-0.25, -0.2) is 0 Å². The molecule has 0 aliphatic heterocycles. The highest BCUT2D eigenvalue weighted by Gasteiger charge is 2.16. The first-order chi connectivity index (χ1) is 9.13. The maximum atomic E-state index is 10.9. The van der Waals surface area contributed by atoms with Gasteiger partial charge in [0.05, 0.1) is 11.0 Å². The van der Waals surface area contributed by atoms with Crippen LogP contribution in [0.25, 0.3) is 0 Å². The lowest BCUT2D eigenvalue weighted by molar-refractivity contribution is -0.384. The first-order valence-corrected chi connectivity index (χ1v) is 6.06. The second kappa shape index (κ2) is 5.58. The molecule has 19 heavy (non-hydrogen) atoms. The Morgan fingerprint density at radius 1 is 1.32 bits per heavy atom. The van der Waals surface area contributed by atoms with Gasteiger partial charge in [0.2, 0.25) is 0 Å². The van der Waals surface area contributed by atoms with Gasteiger partial charge in [0.1, 0.15) is 0 Å². The number of aromatic nitrogens is 1. The van der Waals surface area contributed by atoms with Crippen molar-refractivity contribution in [2.75, 3.05) is 0 Å². The third kappa shape index (κ3) is 2.77. The number of non-ortho nitro benzene ring substituents is 1. The maximum Gasteiger partial charge on any atom is 0.269 e. The lowest BCUT2D eigenvalue weighted by Crippen LogP contribution is -2.14. The van der Waals surface area contributed by atoms with E-state index in [2.05, 4.69) is 4.98 Å². The van der Waals surface area contributed by atoms with Gasteiger partial charge >= 0.3 is 0 Å². The average molecular weight is 257 g/mol. The van der Waals surface area contributed by atoms with E-state index in [9.17, 15) is 10.1 Å². The van der Waals surface area contributed by atoms with Gasteiger partial charge in [0.25, 0.3) is 5.69 Å². The quantitative estimate of drug-likeness (QED) is 0.674. The molecule has 98 valence electrons. The summed E-state index contributed by atoms with van der Waals surface area (Å²) in [5.74, 6) is 0. The fourth-order valence-electron chi connectivity index (χ4n) is 2.06. The standard InChI is InChI=1S/C14H15N3O2/c1-2-10-3-4-12(17(18)19)9-13(10)14(15)11-5-7-16-8-6-11/h3-9,14H,2,15H2,1H3. The van der Waals surface area contributed by atoms with Crippen molar-refractivity contribution in [2.24, 2.45) is 5.73 Å². The van der Waals surface area contributed by atoms with E-state index in [0.717, 1.165) is 23.1 Å². The molecule has 0 spiro atoms. The molecule has 0 fully saturated rings. The minimum atomic E-state index is -0.401. The molecule has 0 radical (unpaired) electrons. The largest absolute Gasteiger partial charge is 0.320 e. The summed E-state index contributed by atoms with van der Waals surface area (Å²) in [6.45, 7) is 2.00. The Balaban J connectivity index is 2.47. The number of nitro benzene ring substituents is 1. The van der Waals surface area contributed by atoms with Crippen LogP contribution in [0, 0.1) is 10.1 Å². The number of rotatable bonds is 4. The van der Waals surface area contributed by atoms with Crippen molar-refractivity contribution in [1.82, 2.24) is 4.98 Å². The highest BCUT2D eigenvalue weighted by atomic mass is 16.6. The zero-order valence-electron chi connectivity index (χ0n) is 10.6. The van der Waals surface area contributed by atoms with Crippen LogP contribution in [-0.2, 0) is 6.42 Å². The molecule has 0 saturated heterocycles. The molecule has 1 atom stereocenters. The van der Waals surface area contributed by atoms with E-state index < -0.39 is 4.92 Å². The second-order valence-corrected chi connectivity index (χ2v) is 4.25. The van der Waals surface area contributed by atoms with Crippen LogP contribution in [0.15, 0.2) is 42.7 Å². The van der Waals surface area contributed by atoms with Gasteiger partial charge in [0, 0.05) is 24.5 Å². The lowest BCUT2D eigenvalue weighted by atomic mass is 9.94. The summed E-state index contributed by atoms with van der Waals surface area (Å²) in [5.41, 5.74) is 8.99. The number of pyridine rings is 1. The van der Waals surface area contributed by atoms with Crippen LogP contribution in [0.3, 0.4) is 0 Å². The molecule has 0 bridgehead atoms. The molecular weight excluding hydrogens is 242 g/mol. The van der Waals surface area contributed by atoms with E-state index in [0.29, 0.717) is 0 Å². The number of nitrogens with two attached hydrogens (primary N) is 1. The van der Waals surface area contributed by atoms with E-state index in [1.165, 1.54) is 6.07 Å². The Morgan fingerprint density at radius 3 is 2.58 bits per heavy atom. The zero-order valence-corrected chi connectivity index (χ0v) is 10.6. The summed E-state index contributed by atoms with van der Waals surface area (Å²) >= 11 is 0. The van der Waals surface area contributed by atoms with Gasteiger partial charge in [-0.05, 0) is 35.2 Å². The van der Waals surface area contributed by atoms with Crippen molar-refractivity contribution in [3.8, 4) is 0 Å². The predicted octanol–water partition coefficient (Wildman–Crippen LogP) is 2.60. The third-order valence-corrected chi connectivity index (χ3v) is 3.12. The summed E-state index contributed by atoms with van der Waals surface area (Å²) in [6.07, 6.45) is 4.11. The van der Waals surface area contributed by atoms with Crippen LogP contribution in [0.4, 0.5) is 5.69 Å². The Bertz CT molecular complexity index is 584. The van der Waals surface area contributed by atoms with Crippen LogP contribution in [0.1, 0.15) is 29.7 Å². The van der Waals surface area contributed by atoms with E-state index in [-0.39, 0.29) is 11.7 Å². The number of nitrogens with zero attached hydrogens (tertiary/aromatic N) is 2. The Labute approximate surface area is 111 Å². The van der Waals surface area contributed by atoms with E-state index in [4.69, 9.17) is 5.73 Å². The molecule has 1 heterocycles. The molecule has 1 unspecified atom stereocenters. The molecular formula is C14H15N3O2.